The molecular weight excluding hydrogens is 270 g/mol. The number of fused-ring (bicyclic) bond motifs is 1. The Bertz CT molecular complexity index is 735. The average molecular weight is 289 g/mol. The molecule has 1 heterocycles. The number of esters is 1. The molecule has 0 unspecified atom stereocenters. The number of benzene rings is 1. The van der Waals surface area contributed by atoms with Crippen molar-refractivity contribution >= 4 is 22.6 Å². The minimum absolute atomic E-state index is 0.278. The molecular formula is C15H19N3O3. The van der Waals surface area contributed by atoms with Gasteiger partial charge in [-0.05, 0) is 32.0 Å². The molecule has 0 fully saturated rings. The summed E-state index contributed by atoms with van der Waals surface area (Å²) < 4.78 is 4.75. The number of rotatable bonds is 4. The normalized spacial score (nSPS) is 11.4. The lowest BCUT2D eigenvalue weighted by Crippen LogP contribution is -2.41. The van der Waals surface area contributed by atoms with E-state index in [0.29, 0.717) is 23.3 Å². The number of nitrogens with one attached hydrogen (secondary N) is 2. The standard InChI is InChI=1S/C15H19N3O3/c1-5-12-16-11-7-6-9(8-10(11)13(19)17-12)18-15(2,3)14(20)21-4/h6-8,18H,5H2,1-4H3,(H,16,17,19). The second-order valence-electron chi connectivity index (χ2n) is 5.34. The van der Waals surface area contributed by atoms with Gasteiger partial charge in [-0.1, -0.05) is 6.92 Å². The largest absolute Gasteiger partial charge is 0.467 e. The molecule has 1 aromatic heterocycles. The van der Waals surface area contributed by atoms with Crippen LogP contribution in [0.4, 0.5) is 5.69 Å². The number of aromatic amines is 1. The molecule has 112 valence electrons. The Morgan fingerprint density at radius 2 is 2.14 bits per heavy atom. The third kappa shape index (κ3) is 3.04. The van der Waals surface area contributed by atoms with E-state index >= 15 is 0 Å². The molecule has 0 aliphatic carbocycles. The Kier molecular flexibility index (Phi) is 3.97. The van der Waals surface area contributed by atoms with Gasteiger partial charge in [0, 0.05) is 12.1 Å². The van der Waals surface area contributed by atoms with Gasteiger partial charge in [-0.15, -0.1) is 0 Å². The highest BCUT2D eigenvalue weighted by Crippen LogP contribution is 2.19. The number of nitrogens with zero attached hydrogens (tertiary/aromatic N) is 1. The summed E-state index contributed by atoms with van der Waals surface area (Å²) in [6, 6.07) is 5.29. The molecule has 0 aliphatic rings. The first-order valence-electron chi connectivity index (χ1n) is 6.77. The lowest BCUT2D eigenvalue weighted by molar-refractivity contribution is -0.144. The number of ether oxygens (including phenoxy) is 1. The summed E-state index contributed by atoms with van der Waals surface area (Å²) in [5.41, 5.74) is 0.231. The summed E-state index contributed by atoms with van der Waals surface area (Å²) in [7, 11) is 1.34. The molecule has 2 rings (SSSR count). The van der Waals surface area contributed by atoms with Crippen LogP contribution in [0.2, 0.25) is 0 Å². The lowest BCUT2D eigenvalue weighted by Gasteiger charge is -2.24. The number of aryl methyl sites for hydroxylation is 1. The third-order valence-electron chi connectivity index (χ3n) is 3.25. The summed E-state index contributed by atoms with van der Waals surface area (Å²) in [6.07, 6.45) is 0.667. The van der Waals surface area contributed by atoms with E-state index in [9.17, 15) is 9.59 Å². The SMILES string of the molecule is CCc1nc(=O)c2cc(NC(C)(C)C(=O)OC)ccc2[nH]1. The summed E-state index contributed by atoms with van der Waals surface area (Å²) in [4.78, 5) is 30.8. The number of methoxy groups -OCH3 is 1. The third-order valence-corrected chi connectivity index (χ3v) is 3.25. The zero-order valence-electron chi connectivity index (χ0n) is 12.6. The quantitative estimate of drug-likeness (QED) is 0.839. The van der Waals surface area contributed by atoms with Gasteiger partial charge in [-0.3, -0.25) is 4.79 Å². The molecule has 0 amide bonds. The van der Waals surface area contributed by atoms with Gasteiger partial charge in [0.2, 0.25) is 0 Å². The minimum Gasteiger partial charge on any atom is -0.467 e. The highest BCUT2D eigenvalue weighted by Gasteiger charge is 2.28. The molecule has 1 aromatic carbocycles. The zero-order valence-corrected chi connectivity index (χ0v) is 12.6. The molecule has 0 spiro atoms. The summed E-state index contributed by atoms with van der Waals surface area (Å²) in [5.74, 6) is 0.277. The van der Waals surface area contributed by atoms with Crippen LogP contribution in [0, 0.1) is 0 Å². The van der Waals surface area contributed by atoms with Crippen molar-refractivity contribution in [2.24, 2.45) is 0 Å². The van der Waals surface area contributed by atoms with E-state index in [4.69, 9.17) is 4.74 Å². The lowest BCUT2D eigenvalue weighted by atomic mass is 10.1. The molecule has 0 bridgehead atoms. The Morgan fingerprint density at radius 1 is 1.43 bits per heavy atom. The summed E-state index contributed by atoms with van der Waals surface area (Å²) in [5, 5.41) is 3.55. The van der Waals surface area contributed by atoms with Crippen LogP contribution < -0.4 is 10.9 Å². The van der Waals surface area contributed by atoms with E-state index in [-0.39, 0.29) is 11.5 Å². The Labute approximate surface area is 122 Å². The van der Waals surface area contributed by atoms with Crippen LogP contribution in [0.5, 0.6) is 0 Å². The summed E-state index contributed by atoms with van der Waals surface area (Å²) in [6.45, 7) is 5.36. The van der Waals surface area contributed by atoms with Crippen molar-refractivity contribution in [1.29, 1.82) is 0 Å². The number of carbonyl (C=O) groups is 1. The van der Waals surface area contributed by atoms with Crippen molar-refractivity contribution in [2.45, 2.75) is 32.7 Å². The second-order valence-corrected chi connectivity index (χ2v) is 5.34. The van der Waals surface area contributed by atoms with E-state index in [1.54, 1.807) is 26.0 Å². The fourth-order valence-corrected chi connectivity index (χ4v) is 2.11. The number of anilines is 1. The van der Waals surface area contributed by atoms with Gasteiger partial charge >= 0.3 is 5.97 Å². The molecule has 6 heteroatoms. The Morgan fingerprint density at radius 3 is 2.76 bits per heavy atom. The Hall–Kier alpha value is -2.37. The molecule has 0 radical (unpaired) electrons. The van der Waals surface area contributed by atoms with Crippen molar-refractivity contribution in [3.05, 3.63) is 34.4 Å². The van der Waals surface area contributed by atoms with Crippen molar-refractivity contribution in [1.82, 2.24) is 9.97 Å². The number of hydrogen-bond donors (Lipinski definition) is 2. The van der Waals surface area contributed by atoms with Crippen molar-refractivity contribution < 1.29 is 9.53 Å². The Balaban J connectivity index is 2.42. The van der Waals surface area contributed by atoms with Crippen molar-refractivity contribution in [3.8, 4) is 0 Å². The molecule has 0 saturated heterocycles. The maximum atomic E-state index is 12.0. The topological polar surface area (TPSA) is 84.1 Å². The van der Waals surface area contributed by atoms with E-state index in [1.807, 2.05) is 13.0 Å². The van der Waals surface area contributed by atoms with Gasteiger partial charge in [0.1, 0.15) is 11.4 Å². The van der Waals surface area contributed by atoms with Crippen LogP contribution >= 0.6 is 0 Å². The summed E-state index contributed by atoms with van der Waals surface area (Å²) >= 11 is 0. The van der Waals surface area contributed by atoms with Gasteiger partial charge in [-0.25, -0.2) is 4.79 Å². The zero-order chi connectivity index (χ0) is 15.6. The van der Waals surface area contributed by atoms with E-state index in [0.717, 1.165) is 5.52 Å². The minimum atomic E-state index is -0.883. The molecule has 21 heavy (non-hydrogen) atoms. The van der Waals surface area contributed by atoms with E-state index in [1.165, 1.54) is 7.11 Å². The number of hydrogen-bond acceptors (Lipinski definition) is 5. The van der Waals surface area contributed by atoms with Crippen LogP contribution in [0.15, 0.2) is 23.0 Å². The molecule has 2 aromatic rings. The first kappa shape index (κ1) is 15.0. The predicted molar refractivity (Wildman–Crippen MR) is 81.5 cm³/mol. The van der Waals surface area contributed by atoms with Gasteiger partial charge in [0.05, 0.1) is 18.0 Å². The number of aromatic nitrogens is 2. The van der Waals surface area contributed by atoms with Crippen LogP contribution in [0.3, 0.4) is 0 Å². The first-order valence-corrected chi connectivity index (χ1v) is 6.77. The van der Waals surface area contributed by atoms with Crippen LogP contribution in [0.25, 0.3) is 10.9 Å². The fourth-order valence-electron chi connectivity index (χ4n) is 2.11. The fraction of sp³-hybridized carbons (Fsp3) is 0.400. The molecule has 6 nitrogen and oxygen atoms in total. The highest BCUT2D eigenvalue weighted by atomic mass is 16.5. The molecule has 0 saturated carbocycles. The van der Waals surface area contributed by atoms with Gasteiger partial charge in [-0.2, -0.15) is 4.98 Å². The van der Waals surface area contributed by atoms with Gasteiger partial charge in [0.15, 0.2) is 0 Å². The molecule has 0 atom stereocenters. The van der Waals surface area contributed by atoms with Gasteiger partial charge in [0.25, 0.3) is 5.56 Å². The van der Waals surface area contributed by atoms with E-state index in [2.05, 4.69) is 15.3 Å². The number of H-pyrrole nitrogens is 1. The maximum absolute atomic E-state index is 12.0. The molecule has 0 aliphatic heterocycles. The molecule has 2 N–H and O–H groups in total. The van der Waals surface area contributed by atoms with Crippen LogP contribution in [-0.2, 0) is 16.0 Å². The second kappa shape index (κ2) is 5.55. The van der Waals surface area contributed by atoms with E-state index < -0.39 is 5.54 Å². The number of carbonyl (C=O) groups excluding carboxylic acids is 1. The first-order chi connectivity index (χ1) is 9.87. The van der Waals surface area contributed by atoms with Gasteiger partial charge < -0.3 is 15.0 Å². The monoisotopic (exact) mass is 289 g/mol. The van der Waals surface area contributed by atoms with Crippen molar-refractivity contribution in [3.63, 3.8) is 0 Å². The smallest absolute Gasteiger partial charge is 0.330 e. The maximum Gasteiger partial charge on any atom is 0.330 e. The predicted octanol–water partition coefficient (Wildman–Crippen LogP) is 1.85. The van der Waals surface area contributed by atoms with Crippen LogP contribution in [-0.4, -0.2) is 28.6 Å². The average Bonchev–Trinajstić information content (AvgIpc) is 2.46. The van der Waals surface area contributed by atoms with Crippen LogP contribution in [0.1, 0.15) is 26.6 Å². The van der Waals surface area contributed by atoms with Crippen molar-refractivity contribution in [2.75, 3.05) is 12.4 Å². The highest BCUT2D eigenvalue weighted by molar-refractivity contribution is 5.86.